The number of para-hydroxylation sites is 1. The van der Waals surface area contributed by atoms with Crippen molar-refractivity contribution in [2.45, 2.75) is 19.9 Å². The third-order valence-corrected chi connectivity index (χ3v) is 4.44. The van der Waals surface area contributed by atoms with Crippen molar-refractivity contribution < 1.29 is 14.3 Å². The first-order chi connectivity index (χ1) is 11.6. The Kier molecular flexibility index (Phi) is 4.69. The maximum absolute atomic E-state index is 12.8. The molecule has 1 aromatic heterocycles. The number of rotatable bonds is 4. The quantitative estimate of drug-likeness (QED) is 0.867. The van der Waals surface area contributed by atoms with E-state index in [1.807, 2.05) is 44.4 Å². The minimum Gasteiger partial charge on any atom is -0.493 e. The molecule has 126 valence electrons. The van der Waals surface area contributed by atoms with Gasteiger partial charge in [-0.05, 0) is 42.2 Å². The fraction of sp³-hybridized carbons (Fsp3) is 0.368. The van der Waals surface area contributed by atoms with Gasteiger partial charge in [0, 0.05) is 26.0 Å². The molecule has 2 heterocycles. The van der Waals surface area contributed by atoms with Crippen LogP contribution in [0.15, 0.2) is 36.7 Å². The average molecular weight is 326 g/mol. The van der Waals surface area contributed by atoms with E-state index in [1.54, 1.807) is 18.2 Å². The molecule has 2 aromatic rings. The van der Waals surface area contributed by atoms with E-state index < -0.39 is 0 Å². The van der Waals surface area contributed by atoms with Crippen LogP contribution in [0.25, 0.3) is 0 Å². The van der Waals surface area contributed by atoms with E-state index in [0.717, 1.165) is 28.2 Å². The molecule has 3 rings (SSSR count). The van der Waals surface area contributed by atoms with Gasteiger partial charge in [-0.3, -0.25) is 9.78 Å². The minimum absolute atomic E-state index is 0.0969. The predicted octanol–water partition coefficient (Wildman–Crippen LogP) is 2.61. The molecule has 24 heavy (non-hydrogen) atoms. The first-order valence-corrected chi connectivity index (χ1v) is 8.03. The van der Waals surface area contributed by atoms with E-state index in [0.29, 0.717) is 19.6 Å². The first kappa shape index (κ1) is 16.3. The Morgan fingerprint density at radius 3 is 3.00 bits per heavy atom. The van der Waals surface area contributed by atoms with Crippen molar-refractivity contribution in [3.05, 3.63) is 53.3 Å². The molecule has 0 aliphatic carbocycles. The maximum Gasteiger partial charge on any atom is 0.229 e. The highest BCUT2D eigenvalue weighted by atomic mass is 16.5. The molecule has 1 atom stereocenters. The smallest absolute Gasteiger partial charge is 0.229 e. The van der Waals surface area contributed by atoms with Crippen LogP contribution in [0.1, 0.15) is 16.7 Å². The summed E-state index contributed by atoms with van der Waals surface area (Å²) in [5.41, 5.74) is 3.22. The van der Waals surface area contributed by atoms with Gasteiger partial charge in [0.2, 0.25) is 5.91 Å². The average Bonchev–Trinajstić information content (AvgIpc) is 2.61. The van der Waals surface area contributed by atoms with Gasteiger partial charge in [0.25, 0.3) is 0 Å². The summed E-state index contributed by atoms with van der Waals surface area (Å²) in [4.78, 5) is 18.6. The van der Waals surface area contributed by atoms with Gasteiger partial charge in [0.15, 0.2) is 11.5 Å². The van der Waals surface area contributed by atoms with Gasteiger partial charge in [-0.15, -0.1) is 0 Å². The van der Waals surface area contributed by atoms with Crippen LogP contribution < -0.4 is 9.47 Å². The molecule has 1 unspecified atom stereocenters. The van der Waals surface area contributed by atoms with Gasteiger partial charge in [-0.2, -0.15) is 0 Å². The summed E-state index contributed by atoms with van der Waals surface area (Å²) in [5, 5.41) is 0. The molecule has 0 radical (unpaired) electrons. The van der Waals surface area contributed by atoms with Gasteiger partial charge in [0.05, 0.1) is 13.0 Å². The number of carbonyl (C=O) groups excluding carboxylic acids is 1. The van der Waals surface area contributed by atoms with Gasteiger partial charge in [-0.25, -0.2) is 0 Å². The van der Waals surface area contributed by atoms with E-state index in [9.17, 15) is 4.79 Å². The summed E-state index contributed by atoms with van der Waals surface area (Å²) in [6, 6.07) is 7.75. The molecule has 0 fully saturated rings. The van der Waals surface area contributed by atoms with Crippen LogP contribution in [0.3, 0.4) is 0 Å². The van der Waals surface area contributed by atoms with Crippen molar-refractivity contribution in [2.75, 3.05) is 20.8 Å². The summed E-state index contributed by atoms with van der Waals surface area (Å²) in [6.07, 6.45) is 4.25. The number of nitrogens with zero attached hydrogens (tertiary/aromatic N) is 2. The SMILES string of the molecule is COc1cccc2c1OCC(C(=O)N(C)Cc1ccncc1C)C2. The summed E-state index contributed by atoms with van der Waals surface area (Å²) < 4.78 is 11.1. The summed E-state index contributed by atoms with van der Waals surface area (Å²) in [7, 11) is 3.46. The zero-order valence-electron chi connectivity index (χ0n) is 14.3. The molecule has 0 bridgehead atoms. The Morgan fingerprint density at radius 2 is 2.25 bits per heavy atom. The van der Waals surface area contributed by atoms with Gasteiger partial charge in [-0.1, -0.05) is 12.1 Å². The maximum atomic E-state index is 12.8. The molecule has 0 saturated carbocycles. The molecule has 1 aliphatic heterocycles. The van der Waals surface area contributed by atoms with Crippen LogP contribution in [-0.4, -0.2) is 36.6 Å². The Hall–Kier alpha value is -2.56. The summed E-state index contributed by atoms with van der Waals surface area (Å²) in [5.74, 6) is 1.41. The number of hydrogen-bond donors (Lipinski definition) is 0. The van der Waals surface area contributed by atoms with Crippen LogP contribution in [0.2, 0.25) is 0 Å². The summed E-state index contributed by atoms with van der Waals surface area (Å²) in [6.45, 7) is 2.97. The second kappa shape index (κ2) is 6.91. The van der Waals surface area contributed by atoms with E-state index >= 15 is 0 Å². The van der Waals surface area contributed by atoms with Gasteiger partial charge < -0.3 is 14.4 Å². The van der Waals surface area contributed by atoms with Crippen LogP contribution in [-0.2, 0) is 17.8 Å². The largest absolute Gasteiger partial charge is 0.493 e. The summed E-state index contributed by atoms with van der Waals surface area (Å²) >= 11 is 0. The fourth-order valence-corrected chi connectivity index (χ4v) is 3.04. The van der Waals surface area contributed by atoms with Crippen molar-refractivity contribution in [3.8, 4) is 11.5 Å². The Morgan fingerprint density at radius 1 is 1.42 bits per heavy atom. The zero-order chi connectivity index (χ0) is 17.1. The van der Waals surface area contributed by atoms with Crippen molar-refractivity contribution >= 4 is 5.91 Å². The lowest BCUT2D eigenvalue weighted by molar-refractivity contribution is -0.136. The van der Waals surface area contributed by atoms with Crippen LogP contribution >= 0.6 is 0 Å². The van der Waals surface area contributed by atoms with E-state index in [1.165, 1.54) is 0 Å². The second-order valence-corrected chi connectivity index (χ2v) is 6.16. The molecule has 0 saturated heterocycles. The highest BCUT2D eigenvalue weighted by Gasteiger charge is 2.29. The molecular formula is C19H22N2O3. The van der Waals surface area contributed by atoms with Crippen molar-refractivity contribution in [1.82, 2.24) is 9.88 Å². The standard InChI is InChI=1S/C19H22N2O3/c1-13-10-20-8-7-15(13)11-21(2)19(22)16-9-14-5-4-6-17(23-3)18(14)24-12-16/h4-8,10,16H,9,11-12H2,1-3H3. The Labute approximate surface area is 142 Å². The van der Waals surface area contributed by atoms with Crippen molar-refractivity contribution in [3.63, 3.8) is 0 Å². The molecule has 0 N–H and O–H groups in total. The predicted molar refractivity (Wildman–Crippen MR) is 91.1 cm³/mol. The fourth-order valence-electron chi connectivity index (χ4n) is 3.04. The lowest BCUT2D eigenvalue weighted by Gasteiger charge is -2.29. The number of aryl methyl sites for hydroxylation is 1. The van der Waals surface area contributed by atoms with Crippen molar-refractivity contribution in [2.24, 2.45) is 5.92 Å². The second-order valence-electron chi connectivity index (χ2n) is 6.16. The number of aromatic nitrogens is 1. The zero-order valence-corrected chi connectivity index (χ0v) is 14.3. The lowest BCUT2D eigenvalue weighted by atomic mass is 9.95. The molecule has 1 aromatic carbocycles. The molecule has 0 spiro atoms. The van der Waals surface area contributed by atoms with Crippen LogP contribution in [0, 0.1) is 12.8 Å². The number of pyridine rings is 1. The molecule has 1 amide bonds. The number of carbonyl (C=O) groups is 1. The van der Waals surface area contributed by atoms with E-state index in [-0.39, 0.29) is 11.8 Å². The third kappa shape index (κ3) is 3.20. The topological polar surface area (TPSA) is 51.7 Å². The number of methoxy groups -OCH3 is 1. The Bertz CT molecular complexity index is 745. The number of hydrogen-bond acceptors (Lipinski definition) is 4. The highest BCUT2D eigenvalue weighted by molar-refractivity contribution is 5.79. The first-order valence-electron chi connectivity index (χ1n) is 8.03. The monoisotopic (exact) mass is 326 g/mol. The molecule has 5 nitrogen and oxygen atoms in total. The highest BCUT2D eigenvalue weighted by Crippen LogP contribution is 2.36. The van der Waals surface area contributed by atoms with Crippen molar-refractivity contribution in [1.29, 1.82) is 0 Å². The van der Waals surface area contributed by atoms with Gasteiger partial charge in [0.1, 0.15) is 6.61 Å². The molecule has 1 aliphatic rings. The van der Waals surface area contributed by atoms with Crippen LogP contribution in [0.4, 0.5) is 0 Å². The Balaban J connectivity index is 1.71. The van der Waals surface area contributed by atoms with Gasteiger partial charge >= 0.3 is 0 Å². The number of benzene rings is 1. The van der Waals surface area contributed by atoms with E-state index in [4.69, 9.17) is 9.47 Å². The van der Waals surface area contributed by atoms with Crippen LogP contribution in [0.5, 0.6) is 11.5 Å². The normalized spacial score (nSPS) is 16.0. The minimum atomic E-state index is -0.170. The number of amides is 1. The lowest BCUT2D eigenvalue weighted by Crippen LogP contribution is -2.38. The molecular weight excluding hydrogens is 304 g/mol. The number of fused-ring (bicyclic) bond motifs is 1. The molecule has 5 heteroatoms. The van der Waals surface area contributed by atoms with E-state index in [2.05, 4.69) is 4.98 Å². The third-order valence-electron chi connectivity index (χ3n) is 4.44. The number of ether oxygens (including phenoxy) is 2.